The maximum Gasteiger partial charge on any atom is 0.308 e. The summed E-state index contributed by atoms with van der Waals surface area (Å²) in [5.41, 5.74) is 0.855. The van der Waals surface area contributed by atoms with Crippen molar-refractivity contribution in [2.45, 2.75) is 25.0 Å². The van der Waals surface area contributed by atoms with E-state index in [4.69, 9.17) is 16.3 Å². The fourth-order valence-electron chi connectivity index (χ4n) is 2.90. The number of allylic oxidation sites excluding steroid dienone is 5. The third-order valence-electron chi connectivity index (χ3n) is 4.14. The molecule has 1 aromatic rings. The Bertz CT molecular complexity index is 732. The molecule has 1 heterocycles. The minimum atomic E-state index is -0.474. The number of carbonyl (C=O) groups excluding carboxylic acids is 2. The Morgan fingerprint density at radius 3 is 2.72 bits per heavy atom. The van der Waals surface area contributed by atoms with Gasteiger partial charge in [-0.1, -0.05) is 54.1 Å². The third-order valence-corrected chi connectivity index (χ3v) is 4.46. The highest BCUT2D eigenvalue weighted by Crippen LogP contribution is 2.30. The molecule has 3 unspecified atom stereocenters. The zero-order chi connectivity index (χ0) is 17.8. The van der Waals surface area contributed by atoms with Crippen LogP contribution in [0, 0.1) is 5.92 Å². The molecular weight excluding hydrogens is 342 g/mol. The van der Waals surface area contributed by atoms with Crippen LogP contribution >= 0.6 is 11.6 Å². The maximum absolute atomic E-state index is 12.4. The van der Waals surface area contributed by atoms with Crippen LogP contribution in [0.4, 0.5) is 0 Å². The van der Waals surface area contributed by atoms with Gasteiger partial charge in [0, 0.05) is 12.3 Å². The summed E-state index contributed by atoms with van der Waals surface area (Å²) in [6.45, 7) is 0. The summed E-state index contributed by atoms with van der Waals surface area (Å²) < 4.78 is 5.36. The topological polar surface area (TPSA) is 75.6 Å². The van der Waals surface area contributed by atoms with E-state index in [0.717, 1.165) is 5.56 Å². The molecule has 0 saturated carbocycles. The number of halogens is 1. The number of rotatable bonds is 4. The molecule has 1 fully saturated rings. The first-order valence-corrected chi connectivity index (χ1v) is 8.39. The Morgan fingerprint density at radius 1 is 1.24 bits per heavy atom. The summed E-state index contributed by atoms with van der Waals surface area (Å²) in [7, 11) is 0. The molecule has 130 valence electrons. The molecule has 1 aliphatic heterocycles. The minimum Gasteiger partial charge on any atom is -0.506 e. The molecule has 2 N–H and O–H groups in total. The fraction of sp³-hybridized carbons (Fsp3) is 0.263. The van der Waals surface area contributed by atoms with Crippen LogP contribution in [0.5, 0.6) is 0 Å². The lowest BCUT2D eigenvalue weighted by Crippen LogP contribution is -2.37. The van der Waals surface area contributed by atoms with Crippen molar-refractivity contribution in [1.29, 1.82) is 0 Å². The van der Waals surface area contributed by atoms with E-state index in [0.29, 0.717) is 0 Å². The number of carbonyl (C=O) groups is 2. The Morgan fingerprint density at radius 2 is 1.96 bits per heavy atom. The highest BCUT2D eigenvalue weighted by molar-refractivity contribution is 6.31. The molecule has 3 atom stereocenters. The highest BCUT2D eigenvalue weighted by Gasteiger charge is 2.36. The van der Waals surface area contributed by atoms with E-state index in [1.807, 2.05) is 30.3 Å². The van der Waals surface area contributed by atoms with Gasteiger partial charge in [0.15, 0.2) is 0 Å². The lowest BCUT2D eigenvalue weighted by molar-refractivity contribution is -0.141. The molecule has 0 radical (unpaired) electrons. The van der Waals surface area contributed by atoms with E-state index < -0.39 is 12.1 Å². The van der Waals surface area contributed by atoms with E-state index in [1.54, 1.807) is 18.2 Å². The second-order valence-corrected chi connectivity index (χ2v) is 6.43. The molecule has 3 rings (SSSR count). The summed E-state index contributed by atoms with van der Waals surface area (Å²) in [4.78, 5) is 24.1. The molecule has 2 aliphatic rings. The molecule has 1 saturated heterocycles. The fourth-order valence-corrected chi connectivity index (χ4v) is 3.03. The molecule has 1 amide bonds. The van der Waals surface area contributed by atoms with Crippen molar-refractivity contribution < 1.29 is 19.4 Å². The lowest BCUT2D eigenvalue weighted by Gasteiger charge is -2.20. The lowest BCUT2D eigenvalue weighted by atomic mass is 10.0. The second kappa shape index (κ2) is 7.57. The summed E-state index contributed by atoms with van der Waals surface area (Å²) >= 11 is 5.85. The van der Waals surface area contributed by atoms with Gasteiger partial charge in [0.2, 0.25) is 5.91 Å². The Hall–Kier alpha value is -2.53. The molecule has 0 aromatic heterocycles. The number of aliphatic hydroxyl groups is 1. The van der Waals surface area contributed by atoms with Gasteiger partial charge in [-0.15, -0.1) is 0 Å². The SMILES string of the molecule is O=C(CC1C=CC(O)=C(Cl)C=C1)NC1CC(=O)OC1c1ccccc1. The second-order valence-electron chi connectivity index (χ2n) is 6.02. The number of cyclic esters (lactones) is 1. The van der Waals surface area contributed by atoms with Gasteiger partial charge in [0.05, 0.1) is 17.5 Å². The first-order chi connectivity index (χ1) is 12.0. The zero-order valence-electron chi connectivity index (χ0n) is 13.4. The summed E-state index contributed by atoms with van der Waals surface area (Å²) in [6.07, 6.45) is 6.39. The number of amides is 1. The molecule has 6 heteroatoms. The Balaban J connectivity index is 1.63. The van der Waals surface area contributed by atoms with Gasteiger partial charge < -0.3 is 15.2 Å². The number of nitrogens with one attached hydrogen (secondary N) is 1. The predicted molar refractivity (Wildman–Crippen MR) is 93.7 cm³/mol. The van der Waals surface area contributed by atoms with Crippen LogP contribution in [0.2, 0.25) is 0 Å². The van der Waals surface area contributed by atoms with Crippen molar-refractivity contribution in [3.05, 3.63) is 71.0 Å². The average Bonchev–Trinajstić information content (AvgIpc) is 2.89. The van der Waals surface area contributed by atoms with Crippen LogP contribution in [-0.2, 0) is 14.3 Å². The summed E-state index contributed by atoms with van der Waals surface area (Å²) in [5.74, 6) is -0.735. The van der Waals surface area contributed by atoms with Crippen LogP contribution in [0.15, 0.2) is 65.4 Å². The number of esters is 1. The van der Waals surface area contributed by atoms with Crippen LogP contribution < -0.4 is 5.32 Å². The number of hydrogen-bond acceptors (Lipinski definition) is 4. The van der Waals surface area contributed by atoms with E-state index in [1.165, 1.54) is 6.08 Å². The van der Waals surface area contributed by atoms with E-state index >= 15 is 0 Å². The van der Waals surface area contributed by atoms with Gasteiger partial charge in [0.25, 0.3) is 0 Å². The quantitative estimate of drug-likeness (QED) is 0.809. The molecule has 5 nitrogen and oxygen atoms in total. The smallest absolute Gasteiger partial charge is 0.308 e. The van der Waals surface area contributed by atoms with Crippen LogP contribution in [0.1, 0.15) is 24.5 Å². The standard InChI is InChI=1S/C19H18ClNO4/c20-14-8-6-12(7-9-16(14)22)10-17(23)21-15-11-18(24)25-19(15)13-4-2-1-3-5-13/h1-9,12,15,19,22H,10-11H2,(H,21,23). The van der Waals surface area contributed by atoms with Crippen molar-refractivity contribution >= 4 is 23.5 Å². The van der Waals surface area contributed by atoms with Crippen LogP contribution in [-0.4, -0.2) is 23.0 Å². The summed E-state index contributed by atoms with van der Waals surface area (Å²) in [5, 5.41) is 12.7. The molecular formula is C19H18ClNO4. The first kappa shape index (κ1) is 17.3. The van der Waals surface area contributed by atoms with E-state index in [2.05, 4.69) is 5.32 Å². The molecule has 0 spiro atoms. The van der Waals surface area contributed by atoms with Crippen molar-refractivity contribution in [2.75, 3.05) is 0 Å². The van der Waals surface area contributed by atoms with Gasteiger partial charge in [-0.05, 0) is 17.7 Å². The first-order valence-electron chi connectivity index (χ1n) is 8.02. The van der Waals surface area contributed by atoms with Gasteiger partial charge in [-0.3, -0.25) is 9.59 Å². The number of hydrogen-bond donors (Lipinski definition) is 2. The van der Waals surface area contributed by atoms with Gasteiger partial charge in [-0.25, -0.2) is 0 Å². The van der Waals surface area contributed by atoms with Crippen LogP contribution in [0.3, 0.4) is 0 Å². The van der Waals surface area contributed by atoms with Crippen LogP contribution in [0.25, 0.3) is 0 Å². The monoisotopic (exact) mass is 359 g/mol. The Labute approximate surface area is 150 Å². The minimum absolute atomic E-state index is 0.0280. The third kappa shape index (κ3) is 4.31. The largest absolute Gasteiger partial charge is 0.506 e. The normalized spacial score (nSPS) is 25.6. The molecule has 0 bridgehead atoms. The highest BCUT2D eigenvalue weighted by atomic mass is 35.5. The van der Waals surface area contributed by atoms with E-state index in [-0.39, 0.29) is 41.4 Å². The van der Waals surface area contributed by atoms with Crippen molar-refractivity contribution in [3.63, 3.8) is 0 Å². The van der Waals surface area contributed by atoms with E-state index in [9.17, 15) is 14.7 Å². The Kier molecular flexibility index (Phi) is 5.24. The zero-order valence-corrected chi connectivity index (χ0v) is 14.1. The molecule has 25 heavy (non-hydrogen) atoms. The molecule has 1 aromatic carbocycles. The van der Waals surface area contributed by atoms with Crippen molar-refractivity contribution in [1.82, 2.24) is 5.32 Å². The van der Waals surface area contributed by atoms with Gasteiger partial charge >= 0.3 is 5.97 Å². The average molecular weight is 360 g/mol. The predicted octanol–water partition coefficient (Wildman–Crippen LogP) is 3.30. The van der Waals surface area contributed by atoms with Gasteiger partial charge in [-0.2, -0.15) is 0 Å². The maximum atomic E-state index is 12.4. The summed E-state index contributed by atoms with van der Waals surface area (Å²) in [6, 6.07) is 8.96. The number of aliphatic hydroxyl groups excluding tert-OH is 1. The number of benzene rings is 1. The number of ether oxygens (including phenoxy) is 1. The van der Waals surface area contributed by atoms with Crippen molar-refractivity contribution in [3.8, 4) is 0 Å². The van der Waals surface area contributed by atoms with Crippen molar-refractivity contribution in [2.24, 2.45) is 5.92 Å². The molecule has 1 aliphatic carbocycles. The van der Waals surface area contributed by atoms with Gasteiger partial charge in [0.1, 0.15) is 11.9 Å².